The van der Waals surface area contributed by atoms with Crippen LogP contribution < -0.4 is 10.5 Å². The van der Waals surface area contributed by atoms with E-state index in [0.717, 1.165) is 13.3 Å². The molecule has 0 atom stereocenters. The molecule has 0 aromatic carbocycles. The fourth-order valence-corrected chi connectivity index (χ4v) is 1.07. The summed E-state index contributed by atoms with van der Waals surface area (Å²) in [5.74, 6) is -0.482. The molecule has 82 valence electrons. The Morgan fingerprint density at radius 3 is 2.67 bits per heavy atom. The molecular formula is C7H7F2N3O3. The number of halogens is 2. The zero-order valence-corrected chi connectivity index (χ0v) is 7.61. The number of hydrogen-bond donors (Lipinski definition) is 1. The third-order valence-electron chi connectivity index (χ3n) is 1.68. The van der Waals surface area contributed by atoms with Gasteiger partial charge >= 0.3 is 5.69 Å². The first-order chi connectivity index (χ1) is 6.99. The minimum atomic E-state index is -3.05. The number of nitrogen functional groups attached to an aromatic ring is 1. The van der Waals surface area contributed by atoms with Gasteiger partial charge in [0.2, 0.25) is 0 Å². The molecule has 0 saturated carbocycles. The molecule has 15 heavy (non-hydrogen) atoms. The minimum Gasteiger partial charge on any atom is -0.476 e. The van der Waals surface area contributed by atoms with Crippen molar-refractivity contribution in [3.05, 3.63) is 21.9 Å². The number of nitro groups is 1. The summed E-state index contributed by atoms with van der Waals surface area (Å²) in [4.78, 5) is 13.0. The van der Waals surface area contributed by atoms with Gasteiger partial charge in [0, 0.05) is 0 Å². The maximum atomic E-state index is 12.5. The predicted octanol–water partition coefficient (Wildman–Crippen LogP) is 1.52. The monoisotopic (exact) mass is 219 g/mol. The highest BCUT2D eigenvalue weighted by molar-refractivity contribution is 5.61. The standard InChI is InChI=1S/C7H7F2N3O3/c1-15-7-5(12(13)14)4(6(8)9)3(10)2-11-7/h2,6H,10H2,1H3. The van der Waals surface area contributed by atoms with E-state index >= 15 is 0 Å². The Bertz CT molecular complexity index is 397. The second-order valence-corrected chi connectivity index (χ2v) is 2.54. The first-order valence-electron chi connectivity index (χ1n) is 3.74. The molecule has 0 saturated heterocycles. The van der Waals surface area contributed by atoms with Gasteiger partial charge in [0.15, 0.2) is 0 Å². The number of hydrogen-bond acceptors (Lipinski definition) is 5. The summed E-state index contributed by atoms with van der Waals surface area (Å²) in [5, 5.41) is 10.6. The summed E-state index contributed by atoms with van der Waals surface area (Å²) in [6.07, 6.45) is -2.16. The lowest BCUT2D eigenvalue weighted by molar-refractivity contribution is -0.387. The van der Waals surface area contributed by atoms with Crippen LogP contribution in [0.2, 0.25) is 0 Å². The minimum absolute atomic E-state index is 0.433. The zero-order chi connectivity index (χ0) is 11.6. The molecule has 8 heteroatoms. The van der Waals surface area contributed by atoms with E-state index in [1.807, 2.05) is 0 Å². The molecule has 0 bridgehead atoms. The van der Waals surface area contributed by atoms with Crippen molar-refractivity contribution in [2.75, 3.05) is 12.8 Å². The first kappa shape index (κ1) is 11.1. The SMILES string of the molecule is COc1ncc(N)c(C(F)F)c1[N+](=O)[O-]. The van der Waals surface area contributed by atoms with Crippen molar-refractivity contribution >= 4 is 11.4 Å². The Morgan fingerprint density at radius 1 is 1.67 bits per heavy atom. The van der Waals surface area contributed by atoms with Gasteiger partial charge < -0.3 is 10.5 Å². The molecule has 0 radical (unpaired) electrons. The van der Waals surface area contributed by atoms with Crippen LogP contribution in [0.25, 0.3) is 0 Å². The number of aromatic nitrogens is 1. The summed E-state index contributed by atoms with van der Waals surface area (Å²) in [6.45, 7) is 0. The fraction of sp³-hybridized carbons (Fsp3) is 0.286. The van der Waals surface area contributed by atoms with E-state index in [2.05, 4.69) is 9.72 Å². The quantitative estimate of drug-likeness (QED) is 0.614. The predicted molar refractivity (Wildman–Crippen MR) is 46.8 cm³/mol. The van der Waals surface area contributed by atoms with Crippen molar-refractivity contribution in [1.29, 1.82) is 0 Å². The average Bonchev–Trinajstić information content (AvgIpc) is 2.16. The van der Waals surface area contributed by atoms with E-state index in [1.54, 1.807) is 0 Å². The van der Waals surface area contributed by atoms with E-state index < -0.39 is 34.2 Å². The molecule has 0 aliphatic carbocycles. The smallest absolute Gasteiger partial charge is 0.341 e. The normalized spacial score (nSPS) is 10.4. The van der Waals surface area contributed by atoms with Gasteiger partial charge in [-0.15, -0.1) is 0 Å². The van der Waals surface area contributed by atoms with Gasteiger partial charge in [-0.05, 0) is 0 Å². The molecule has 0 amide bonds. The lowest BCUT2D eigenvalue weighted by Crippen LogP contribution is -2.05. The topological polar surface area (TPSA) is 91.3 Å². The molecule has 0 fully saturated rings. The second kappa shape index (κ2) is 4.03. The van der Waals surface area contributed by atoms with Crippen LogP contribution >= 0.6 is 0 Å². The number of ether oxygens (including phenoxy) is 1. The van der Waals surface area contributed by atoms with Crippen LogP contribution in [0, 0.1) is 10.1 Å². The van der Waals surface area contributed by atoms with E-state index in [0.29, 0.717) is 0 Å². The van der Waals surface area contributed by atoms with Crippen LogP contribution in [0.4, 0.5) is 20.2 Å². The molecule has 1 aromatic heterocycles. The maximum Gasteiger partial charge on any atom is 0.341 e. The van der Waals surface area contributed by atoms with Gasteiger partial charge in [-0.25, -0.2) is 13.8 Å². The highest BCUT2D eigenvalue weighted by atomic mass is 19.3. The summed E-state index contributed by atoms with van der Waals surface area (Å²) in [6, 6.07) is 0. The second-order valence-electron chi connectivity index (χ2n) is 2.54. The van der Waals surface area contributed by atoms with Crippen molar-refractivity contribution in [1.82, 2.24) is 4.98 Å². The van der Waals surface area contributed by atoms with Crippen LogP contribution in [-0.2, 0) is 0 Å². The summed E-state index contributed by atoms with van der Waals surface area (Å²) in [7, 11) is 1.10. The van der Waals surface area contributed by atoms with E-state index in [-0.39, 0.29) is 0 Å². The van der Waals surface area contributed by atoms with Crippen molar-refractivity contribution in [3.63, 3.8) is 0 Å². The third-order valence-corrected chi connectivity index (χ3v) is 1.68. The van der Waals surface area contributed by atoms with Crippen molar-refractivity contribution < 1.29 is 18.4 Å². The molecule has 0 aliphatic heterocycles. The van der Waals surface area contributed by atoms with Crippen molar-refractivity contribution in [2.45, 2.75) is 6.43 Å². The zero-order valence-electron chi connectivity index (χ0n) is 7.61. The lowest BCUT2D eigenvalue weighted by atomic mass is 10.2. The molecule has 2 N–H and O–H groups in total. The average molecular weight is 219 g/mol. The number of nitrogens with zero attached hydrogens (tertiary/aromatic N) is 2. The number of alkyl halides is 2. The molecule has 1 aromatic rings. The molecule has 0 aliphatic rings. The van der Waals surface area contributed by atoms with Gasteiger partial charge in [0.25, 0.3) is 12.3 Å². The third kappa shape index (κ3) is 1.92. The number of rotatable bonds is 3. The molecule has 0 spiro atoms. The van der Waals surface area contributed by atoms with E-state index in [4.69, 9.17) is 5.73 Å². The summed E-state index contributed by atoms with van der Waals surface area (Å²) >= 11 is 0. The van der Waals surface area contributed by atoms with E-state index in [9.17, 15) is 18.9 Å². The molecule has 6 nitrogen and oxygen atoms in total. The highest BCUT2D eigenvalue weighted by Crippen LogP contribution is 2.38. The first-order valence-corrected chi connectivity index (χ1v) is 3.74. The molecular weight excluding hydrogens is 212 g/mol. The molecule has 1 rings (SSSR count). The Labute approximate surface area is 82.8 Å². The van der Waals surface area contributed by atoms with Crippen molar-refractivity contribution in [3.8, 4) is 5.88 Å². The number of anilines is 1. The van der Waals surface area contributed by atoms with Gasteiger partial charge in [-0.2, -0.15) is 0 Å². The Kier molecular flexibility index (Phi) is 2.98. The largest absolute Gasteiger partial charge is 0.476 e. The number of pyridine rings is 1. The van der Waals surface area contributed by atoms with Gasteiger partial charge in [-0.3, -0.25) is 10.1 Å². The fourth-order valence-electron chi connectivity index (χ4n) is 1.07. The highest BCUT2D eigenvalue weighted by Gasteiger charge is 2.30. The van der Waals surface area contributed by atoms with Gasteiger partial charge in [-0.1, -0.05) is 0 Å². The van der Waals surface area contributed by atoms with Crippen LogP contribution in [0.1, 0.15) is 12.0 Å². The van der Waals surface area contributed by atoms with Crippen LogP contribution in [0.3, 0.4) is 0 Å². The summed E-state index contributed by atoms with van der Waals surface area (Å²) in [5.41, 5.74) is 2.98. The lowest BCUT2D eigenvalue weighted by Gasteiger charge is -2.07. The van der Waals surface area contributed by atoms with Gasteiger partial charge in [0.05, 0.1) is 23.9 Å². The van der Waals surface area contributed by atoms with Crippen molar-refractivity contribution in [2.24, 2.45) is 0 Å². The number of methoxy groups -OCH3 is 1. The van der Waals surface area contributed by atoms with Gasteiger partial charge in [0.1, 0.15) is 5.56 Å². The summed E-state index contributed by atoms with van der Waals surface area (Å²) < 4.78 is 29.5. The Hall–Kier alpha value is -1.99. The Balaban J connectivity index is 3.51. The maximum absolute atomic E-state index is 12.5. The molecule has 0 unspecified atom stereocenters. The van der Waals surface area contributed by atoms with Crippen LogP contribution in [0.5, 0.6) is 5.88 Å². The number of nitrogens with two attached hydrogens (primary N) is 1. The van der Waals surface area contributed by atoms with Crippen LogP contribution in [-0.4, -0.2) is 17.0 Å². The van der Waals surface area contributed by atoms with E-state index in [1.165, 1.54) is 0 Å². The molecule has 1 heterocycles. The van der Waals surface area contributed by atoms with Crippen LogP contribution in [0.15, 0.2) is 6.20 Å². The Morgan fingerprint density at radius 2 is 2.27 bits per heavy atom.